The molecule has 2 fully saturated rings. The van der Waals surface area contributed by atoms with Crippen molar-refractivity contribution in [2.45, 2.75) is 31.4 Å². The first-order valence-corrected chi connectivity index (χ1v) is 10.7. The van der Waals surface area contributed by atoms with Crippen LogP contribution in [0.2, 0.25) is 5.71 Å². The Bertz CT molecular complexity index is 309. The fourth-order valence-corrected chi connectivity index (χ4v) is 4.29. The van der Waals surface area contributed by atoms with E-state index in [0.717, 1.165) is 38.8 Å². The first-order valence-electron chi connectivity index (χ1n) is 7.25. The van der Waals surface area contributed by atoms with Crippen LogP contribution < -0.4 is 10.6 Å². The Morgan fingerprint density at radius 1 is 0.950 bits per heavy atom. The number of carbonyl (C=O) groups excluding carboxylic acids is 2. The molecule has 0 aromatic carbocycles. The second-order valence-electron chi connectivity index (χ2n) is 5.35. The quantitative estimate of drug-likeness (QED) is 0.708. The minimum atomic E-state index is -2.28. The standard InChI is InChI=1S/C13H23AsN2O4/c1-14(19-12(17)10-4-2-6-15-8-10)20-13(18)11-5-3-7-16-9-11/h10-11,15-16H,2-9H2,1H3. The zero-order chi connectivity index (χ0) is 14.4. The zero-order valence-corrected chi connectivity index (χ0v) is 13.8. The molecule has 0 amide bonds. The molecule has 0 bridgehead atoms. The SMILES string of the molecule is C[As](OC(=O)C1CCCNC1)OC(=O)C1CCCNC1. The van der Waals surface area contributed by atoms with Crippen LogP contribution in [0.1, 0.15) is 25.7 Å². The Labute approximate surface area is 124 Å². The van der Waals surface area contributed by atoms with Crippen LogP contribution in [0.4, 0.5) is 0 Å². The minimum absolute atomic E-state index is 0.0874. The average molecular weight is 346 g/mol. The Balaban J connectivity index is 1.72. The molecule has 0 aromatic heterocycles. The van der Waals surface area contributed by atoms with Crippen LogP contribution in [0.25, 0.3) is 0 Å². The van der Waals surface area contributed by atoms with E-state index in [1.807, 2.05) is 0 Å². The molecule has 2 aliphatic rings. The molecule has 6 nitrogen and oxygen atoms in total. The average Bonchev–Trinajstić information content (AvgIpc) is 2.49. The molecule has 2 saturated heterocycles. The van der Waals surface area contributed by atoms with Crippen LogP contribution >= 0.6 is 0 Å². The van der Waals surface area contributed by atoms with Gasteiger partial charge in [0.1, 0.15) is 0 Å². The van der Waals surface area contributed by atoms with Crippen LogP contribution in [0.15, 0.2) is 0 Å². The van der Waals surface area contributed by atoms with Crippen molar-refractivity contribution in [1.29, 1.82) is 0 Å². The molecule has 2 heterocycles. The van der Waals surface area contributed by atoms with E-state index < -0.39 is 15.3 Å². The molecule has 2 aliphatic heterocycles. The van der Waals surface area contributed by atoms with Gasteiger partial charge in [-0.2, -0.15) is 0 Å². The van der Waals surface area contributed by atoms with Crippen molar-refractivity contribution in [3.63, 3.8) is 0 Å². The monoisotopic (exact) mass is 346 g/mol. The number of carbonyl (C=O) groups is 2. The van der Waals surface area contributed by atoms with E-state index >= 15 is 0 Å². The van der Waals surface area contributed by atoms with Gasteiger partial charge in [0.05, 0.1) is 0 Å². The number of hydrogen-bond donors (Lipinski definition) is 2. The van der Waals surface area contributed by atoms with E-state index in [0.29, 0.717) is 13.1 Å². The van der Waals surface area contributed by atoms with E-state index in [1.165, 1.54) is 0 Å². The molecule has 114 valence electrons. The number of piperidine rings is 2. The normalized spacial score (nSPS) is 28.4. The molecule has 2 N–H and O–H groups in total. The van der Waals surface area contributed by atoms with Gasteiger partial charge in [0.25, 0.3) is 0 Å². The second kappa shape index (κ2) is 8.01. The van der Waals surface area contributed by atoms with Gasteiger partial charge < -0.3 is 0 Å². The summed E-state index contributed by atoms with van der Waals surface area (Å²) in [6.45, 7) is 3.26. The van der Waals surface area contributed by atoms with Crippen LogP contribution in [-0.4, -0.2) is 53.5 Å². The molecule has 0 aliphatic carbocycles. The number of hydrogen-bond acceptors (Lipinski definition) is 6. The van der Waals surface area contributed by atoms with Gasteiger partial charge in [-0.3, -0.25) is 0 Å². The third-order valence-electron chi connectivity index (χ3n) is 3.70. The van der Waals surface area contributed by atoms with Crippen molar-refractivity contribution >= 4 is 27.3 Å². The van der Waals surface area contributed by atoms with Gasteiger partial charge in [-0.15, -0.1) is 0 Å². The maximum absolute atomic E-state index is 11.9. The summed E-state index contributed by atoms with van der Waals surface area (Å²) in [6, 6.07) is 0. The topological polar surface area (TPSA) is 76.7 Å². The molecule has 2 rings (SSSR count). The molecule has 0 saturated carbocycles. The molecule has 0 radical (unpaired) electrons. The fraction of sp³-hybridized carbons (Fsp3) is 0.846. The van der Waals surface area contributed by atoms with Crippen molar-refractivity contribution < 1.29 is 17.0 Å². The van der Waals surface area contributed by atoms with Gasteiger partial charge >= 0.3 is 124 Å². The summed E-state index contributed by atoms with van der Waals surface area (Å²) < 4.78 is 10.7. The van der Waals surface area contributed by atoms with Crippen LogP contribution in [0.5, 0.6) is 0 Å². The van der Waals surface area contributed by atoms with Crippen molar-refractivity contribution in [3.05, 3.63) is 0 Å². The van der Waals surface area contributed by atoms with E-state index in [9.17, 15) is 9.59 Å². The van der Waals surface area contributed by atoms with Crippen molar-refractivity contribution in [2.24, 2.45) is 11.8 Å². The van der Waals surface area contributed by atoms with Crippen LogP contribution in [-0.2, 0) is 17.0 Å². The van der Waals surface area contributed by atoms with Crippen LogP contribution in [0, 0.1) is 11.8 Å². The third-order valence-corrected chi connectivity index (χ3v) is 5.53. The zero-order valence-electron chi connectivity index (χ0n) is 11.9. The van der Waals surface area contributed by atoms with E-state index in [1.54, 1.807) is 5.71 Å². The second-order valence-corrected chi connectivity index (χ2v) is 7.96. The van der Waals surface area contributed by atoms with Crippen molar-refractivity contribution in [2.75, 3.05) is 26.2 Å². The molecule has 20 heavy (non-hydrogen) atoms. The van der Waals surface area contributed by atoms with Gasteiger partial charge in [0, 0.05) is 0 Å². The molecular weight excluding hydrogens is 323 g/mol. The Hall–Kier alpha value is -0.582. The predicted molar refractivity (Wildman–Crippen MR) is 75.0 cm³/mol. The summed E-state index contributed by atoms with van der Waals surface area (Å²) in [6.07, 6.45) is 3.69. The van der Waals surface area contributed by atoms with Gasteiger partial charge in [0.2, 0.25) is 0 Å². The first kappa shape index (κ1) is 15.8. The van der Waals surface area contributed by atoms with Crippen LogP contribution in [0.3, 0.4) is 0 Å². The van der Waals surface area contributed by atoms with Gasteiger partial charge in [0.15, 0.2) is 0 Å². The summed E-state index contributed by atoms with van der Waals surface area (Å²) in [5, 5.41) is 6.36. The summed E-state index contributed by atoms with van der Waals surface area (Å²) in [7, 11) is 0. The van der Waals surface area contributed by atoms with E-state index in [2.05, 4.69) is 10.6 Å². The molecule has 0 aromatic rings. The van der Waals surface area contributed by atoms with E-state index in [4.69, 9.17) is 7.45 Å². The summed E-state index contributed by atoms with van der Waals surface area (Å²) in [4.78, 5) is 23.9. The van der Waals surface area contributed by atoms with Gasteiger partial charge in [-0.1, -0.05) is 0 Å². The summed E-state index contributed by atoms with van der Waals surface area (Å²) in [5.74, 6) is -0.602. The Morgan fingerprint density at radius 2 is 1.40 bits per heavy atom. The Morgan fingerprint density at radius 3 is 1.75 bits per heavy atom. The summed E-state index contributed by atoms with van der Waals surface area (Å²) >= 11 is -2.28. The predicted octanol–water partition coefficient (Wildman–Crippen LogP) is 0.190. The van der Waals surface area contributed by atoms with E-state index in [-0.39, 0.29) is 23.8 Å². The summed E-state index contributed by atoms with van der Waals surface area (Å²) in [5.41, 5.74) is 1.75. The van der Waals surface area contributed by atoms with Gasteiger partial charge in [-0.25, -0.2) is 0 Å². The molecular formula is C13H23AsN2O4. The molecule has 2 unspecified atom stereocenters. The van der Waals surface area contributed by atoms with Crippen molar-refractivity contribution in [3.8, 4) is 0 Å². The molecule has 7 heteroatoms. The molecule has 0 spiro atoms. The molecule has 2 atom stereocenters. The number of nitrogens with one attached hydrogen (secondary N) is 2. The fourth-order valence-electron chi connectivity index (χ4n) is 2.53. The number of rotatable bonds is 4. The Kier molecular flexibility index (Phi) is 6.33. The maximum atomic E-state index is 11.9. The van der Waals surface area contributed by atoms with Gasteiger partial charge in [-0.05, 0) is 0 Å². The van der Waals surface area contributed by atoms with Crippen molar-refractivity contribution in [1.82, 2.24) is 10.6 Å². The first-order chi connectivity index (χ1) is 9.66. The third kappa shape index (κ3) is 4.76.